The fraction of sp³-hybridized carbons (Fsp3) is 0.812. The van der Waals surface area contributed by atoms with Crippen molar-refractivity contribution in [1.82, 2.24) is 25.0 Å². The van der Waals surface area contributed by atoms with Crippen LogP contribution in [0.25, 0.3) is 0 Å². The van der Waals surface area contributed by atoms with Gasteiger partial charge in [-0.1, -0.05) is 6.92 Å². The van der Waals surface area contributed by atoms with E-state index < -0.39 is 0 Å². The van der Waals surface area contributed by atoms with E-state index in [1.807, 2.05) is 9.58 Å². The van der Waals surface area contributed by atoms with Gasteiger partial charge in [0.25, 0.3) is 0 Å². The lowest BCUT2D eigenvalue weighted by atomic mass is 9.85. The maximum atomic E-state index is 12.6. The Bertz CT molecular complexity index is 469. The second-order valence-corrected chi connectivity index (χ2v) is 6.80. The predicted octanol–water partition coefficient (Wildman–Crippen LogP) is 1.47. The van der Waals surface area contributed by atoms with Gasteiger partial charge in [0.05, 0.1) is 6.04 Å². The van der Waals surface area contributed by atoms with Gasteiger partial charge in [0, 0.05) is 19.5 Å². The highest BCUT2D eigenvalue weighted by molar-refractivity contribution is 5.76. The molecule has 3 atom stereocenters. The molecule has 2 fully saturated rings. The first-order chi connectivity index (χ1) is 10.7. The van der Waals surface area contributed by atoms with E-state index in [-0.39, 0.29) is 6.04 Å². The van der Waals surface area contributed by atoms with Crippen LogP contribution in [0.3, 0.4) is 0 Å². The topological polar surface area (TPSA) is 63.1 Å². The van der Waals surface area contributed by atoms with E-state index in [2.05, 4.69) is 22.3 Å². The molecule has 122 valence electrons. The molecule has 0 bridgehead atoms. The quantitative estimate of drug-likeness (QED) is 0.915. The third-order valence-corrected chi connectivity index (χ3v) is 5.20. The van der Waals surface area contributed by atoms with Gasteiger partial charge in [0.1, 0.15) is 12.7 Å². The lowest BCUT2D eigenvalue weighted by Crippen LogP contribution is -2.42. The minimum Gasteiger partial charge on any atom is -0.341 e. The molecular weight excluding hydrogens is 278 g/mol. The molecule has 3 heterocycles. The second kappa shape index (κ2) is 7.22. The summed E-state index contributed by atoms with van der Waals surface area (Å²) in [6.07, 6.45) is 8.62. The van der Waals surface area contributed by atoms with Crippen molar-refractivity contribution < 1.29 is 4.79 Å². The Kier molecular flexibility index (Phi) is 5.08. The van der Waals surface area contributed by atoms with Crippen molar-refractivity contribution in [1.29, 1.82) is 0 Å². The molecule has 0 spiro atoms. The largest absolute Gasteiger partial charge is 0.341 e. The smallest absolute Gasteiger partial charge is 0.222 e. The summed E-state index contributed by atoms with van der Waals surface area (Å²) < 4.78 is 1.90. The molecule has 0 aliphatic carbocycles. The van der Waals surface area contributed by atoms with Gasteiger partial charge in [-0.05, 0) is 50.6 Å². The van der Waals surface area contributed by atoms with Crippen LogP contribution in [0, 0.1) is 11.8 Å². The van der Waals surface area contributed by atoms with E-state index in [1.165, 1.54) is 12.8 Å². The van der Waals surface area contributed by atoms with Crippen LogP contribution in [0.5, 0.6) is 0 Å². The monoisotopic (exact) mass is 305 g/mol. The van der Waals surface area contributed by atoms with E-state index in [1.54, 1.807) is 12.7 Å². The minimum atomic E-state index is 0.284. The van der Waals surface area contributed by atoms with Gasteiger partial charge in [0.2, 0.25) is 5.91 Å². The molecule has 0 aromatic carbocycles. The number of likely N-dealkylation sites (tertiary alicyclic amines) is 1. The number of rotatable bonds is 4. The van der Waals surface area contributed by atoms with Gasteiger partial charge in [-0.25, -0.2) is 9.67 Å². The summed E-state index contributed by atoms with van der Waals surface area (Å²) in [5.41, 5.74) is 0. The molecule has 2 aliphatic heterocycles. The molecule has 3 unspecified atom stereocenters. The lowest BCUT2D eigenvalue weighted by Gasteiger charge is -2.34. The lowest BCUT2D eigenvalue weighted by molar-refractivity contribution is -0.134. The Labute approximate surface area is 132 Å². The Hall–Kier alpha value is -1.43. The maximum absolute atomic E-state index is 12.6. The molecule has 0 saturated carbocycles. The van der Waals surface area contributed by atoms with Crippen LogP contribution in [0.1, 0.15) is 45.1 Å². The van der Waals surface area contributed by atoms with Crippen molar-refractivity contribution in [2.24, 2.45) is 11.8 Å². The van der Waals surface area contributed by atoms with Crippen molar-refractivity contribution in [3.8, 4) is 0 Å². The molecular formula is C16H27N5O. The first kappa shape index (κ1) is 15.5. The summed E-state index contributed by atoms with van der Waals surface area (Å²) in [7, 11) is 0. The number of aromatic nitrogens is 3. The maximum Gasteiger partial charge on any atom is 0.222 e. The SMILES string of the molecule is CC(CC(=O)N1CCCC(n2cncn2)C1)C1CCCNC1. The van der Waals surface area contributed by atoms with Crippen molar-refractivity contribution in [3.05, 3.63) is 12.7 Å². The summed E-state index contributed by atoms with van der Waals surface area (Å²) >= 11 is 0. The Morgan fingerprint density at radius 3 is 3.05 bits per heavy atom. The normalized spacial score (nSPS) is 27.6. The van der Waals surface area contributed by atoms with E-state index in [4.69, 9.17) is 0 Å². The van der Waals surface area contributed by atoms with Gasteiger partial charge in [-0.15, -0.1) is 0 Å². The zero-order chi connectivity index (χ0) is 15.4. The van der Waals surface area contributed by atoms with Gasteiger partial charge < -0.3 is 10.2 Å². The molecule has 1 amide bonds. The Morgan fingerprint density at radius 2 is 2.32 bits per heavy atom. The fourth-order valence-electron chi connectivity index (χ4n) is 3.74. The molecule has 1 N–H and O–H groups in total. The molecule has 1 aromatic heterocycles. The van der Waals surface area contributed by atoms with E-state index >= 15 is 0 Å². The van der Waals surface area contributed by atoms with Crippen molar-refractivity contribution in [2.45, 2.75) is 45.1 Å². The van der Waals surface area contributed by atoms with Gasteiger partial charge in [-0.2, -0.15) is 5.10 Å². The van der Waals surface area contributed by atoms with Gasteiger partial charge in [-0.3, -0.25) is 4.79 Å². The molecule has 22 heavy (non-hydrogen) atoms. The number of amides is 1. The zero-order valence-corrected chi connectivity index (χ0v) is 13.4. The van der Waals surface area contributed by atoms with Crippen LogP contribution in [-0.4, -0.2) is 51.8 Å². The third kappa shape index (κ3) is 3.66. The van der Waals surface area contributed by atoms with Crippen molar-refractivity contribution >= 4 is 5.91 Å². The minimum absolute atomic E-state index is 0.284. The Balaban J connectivity index is 1.52. The average Bonchev–Trinajstić information content (AvgIpc) is 3.10. The average molecular weight is 305 g/mol. The summed E-state index contributed by atoms with van der Waals surface area (Å²) in [6.45, 7) is 6.09. The summed E-state index contributed by atoms with van der Waals surface area (Å²) in [4.78, 5) is 18.7. The number of carbonyl (C=O) groups is 1. The molecule has 6 nitrogen and oxygen atoms in total. The first-order valence-corrected chi connectivity index (χ1v) is 8.56. The summed E-state index contributed by atoms with van der Waals surface area (Å²) in [5.74, 6) is 1.42. The number of hydrogen-bond acceptors (Lipinski definition) is 4. The highest BCUT2D eigenvalue weighted by Crippen LogP contribution is 2.25. The highest BCUT2D eigenvalue weighted by Gasteiger charge is 2.28. The molecule has 6 heteroatoms. The van der Waals surface area contributed by atoms with Crippen LogP contribution in [0.2, 0.25) is 0 Å². The predicted molar refractivity (Wildman–Crippen MR) is 84.2 cm³/mol. The fourth-order valence-corrected chi connectivity index (χ4v) is 3.74. The van der Waals surface area contributed by atoms with Crippen LogP contribution >= 0.6 is 0 Å². The van der Waals surface area contributed by atoms with Crippen LogP contribution in [-0.2, 0) is 4.79 Å². The molecule has 1 aromatic rings. The molecule has 2 saturated heterocycles. The van der Waals surface area contributed by atoms with E-state index in [9.17, 15) is 4.79 Å². The highest BCUT2D eigenvalue weighted by atomic mass is 16.2. The number of piperidine rings is 2. The van der Waals surface area contributed by atoms with Gasteiger partial charge >= 0.3 is 0 Å². The zero-order valence-electron chi connectivity index (χ0n) is 13.4. The van der Waals surface area contributed by atoms with Crippen molar-refractivity contribution in [2.75, 3.05) is 26.2 Å². The van der Waals surface area contributed by atoms with Gasteiger partial charge in [0.15, 0.2) is 0 Å². The molecule has 2 aliphatic rings. The van der Waals surface area contributed by atoms with E-state index in [0.29, 0.717) is 24.2 Å². The second-order valence-electron chi connectivity index (χ2n) is 6.80. The summed E-state index contributed by atoms with van der Waals surface area (Å²) in [6, 6.07) is 0.284. The van der Waals surface area contributed by atoms with Crippen LogP contribution in [0.15, 0.2) is 12.7 Å². The number of nitrogens with one attached hydrogen (secondary N) is 1. The first-order valence-electron chi connectivity index (χ1n) is 8.56. The van der Waals surface area contributed by atoms with Crippen LogP contribution in [0.4, 0.5) is 0 Å². The summed E-state index contributed by atoms with van der Waals surface area (Å²) in [5, 5.41) is 7.68. The Morgan fingerprint density at radius 1 is 1.41 bits per heavy atom. The standard InChI is InChI=1S/C16H27N5O/c1-13(14-4-2-6-17-9-14)8-16(22)20-7-3-5-15(10-20)21-12-18-11-19-21/h11-15,17H,2-10H2,1H3. The molecule has 3 rings (SSSR count). The third-order valence-electron chi connectivity index (χ3n) is 5.20. The number of carbonyl (C=O) groups excluding carboxylic acids is 1. The number of hydrogen-bond donors (Lipinski definition) is 1. The van der Waals surface area contributed by atoms with Crippen LogP contribution < -0.4 is 5.32 Å². The molecule has 0 radical (unpaired) electrons. The van der Waals surface area contributed by atoms with E-state index in [0.717, 1.165) is 39.0 Å². The van der Waals surface area contributed by atoms with Crippen molar-refractivity contribution in [3.63, 3.8) is 0 Å². The number of nitrogens with zero attached hydrogens (tertiary/aromatic N) is 4.